The average Bonchev–Trinajstić information content (AvgIpc) is 3.31. The number of aliphatic hydroxyl groups is 1. The van der Waals surface area contributed by atoms with Gasteiger partial charge in [-0.25, -0.2) is 14.3 Å². The summed E-state index contributed by atoms with van der Waals surface area (Å²) in [6, 6.07) is -0.603. The average molecular weight is 413 g/mol. The third-order valence-electron chi connectivity index (χ3n) is 5.69. The van der Waals surface area contributed by atoms with Crippen LogP contribution < -0.4 is 11.2 Å². The number of hydrogen-bond acceptors (Lipinski definition) is 7. The van der Waals surface area contributed by atoms with Crippen LogP contribution in [-0.2, 0) is 11.2 Å². The highest BCUT2D eigenvalue weighted by molar-refractivity contribution is 5.77. The molecular formula is C19H23N7O4. The zero-order chi connectivity index (χ0) is 21.6. The molecule has 1 aliphatic rings. The molecule has 1 saturated heterocycles. The van der Waals surface area contributed by atoms with Crippen molar-refractivity contribution in [2.24, 2.45) is 0 Å². The predicted molar refractivity (Wildman–Crippen MR) is 106 cm³/mol. The molecule has 1 fully saturated rings. The van der Waals surface area contributed by atoms with Crippen LogP contribution in [-0.4, -0.2) is 64.2 Å². The second-order valence-electron chi connectivity index (χ2n) is 7.65. The lowest BCUT2D eigenvalue weighted by Gasteiger charge is -2.18. The molecule has 4 heterocycles. The Morgan fingerprint density at radius 1 is 1.27 bits per heavy atom. The van der Waals surface area contributed by atoms with E-state index in [2.05, 4.69) is 20.1 Å². The van der Waals surface area contributed by atoms with Gasteiger partial charge in [-0.05, 0) is 32.8 Å². The maximum absolute atomic E-state index is 12.8. The summed E-state index contributed by atoms with van der Waals surface area (Å²) in [5.41, 5.74) is 1.94. The van der Waals surface area contributed by atoms with E-state index in [1.807, 2.05) is 13.8 Å². The summed E-state index contributed by atoms with van der Waals surface area (Å²) >= 11 is 0. The van der Waals surface area contributed by atoms with E-state index in [9.17, 15) is 19.5 Å². The van der Waals surface area contributed by atoms with Crippen molar-refractivity contribution >= 4 is 11.7 Å². The molecule has 0 bridgehead atoms. The number of amides is 1. The van der Waals surface area contributed by atoms with Crippen molar-refractivity contribution in [3.8, 4) is 0 Å². The van der Waals surface area contributed by atoms with E-state index in [1.165, 1.54) is 17.1 Å². The molecule has 11 heteroatoms. The topological polar surface area (TPSA) is 138 Å². The minimum atomic E-state index is -0.895. The third-order valence-corrected chi connectivity index (χ3v) is 5.69. The van der Waals surface area contributed by atoms with Gasteiger partial charge in [-0.1, -0.05) is 0 Å². The molecular weight excluding hydrogens is 390 g/mol. The van der Waals surface area contributed by atoms with E-state index < -0.39 is 23.4 Å². The standard InChI is InChI=1S/C19H23N7O4/c1-10-6-25(19(30)23-17(10)29)14-7-24(8-15(14)27)16(28)5-4-13-11(2)22-18-20-9-21-26(18)12(13)3/h6,9,14-15,27H,4-5,7-8H2,1-3H3,(H,23,29,30)/t14-,15-/m1/s1. The quantitative estimate of drug-likeness (QED) is 0.575. The molecule has 0 unspecified atom stereocenters. The fraction of sp³-hybridized carbons (Fsp3) is 0.474. The zero-order valence-electron chi connectivity index (χ0n) is 17.0. The van der Waals surface area contributed by atoms with Crippen LogP contribution in [0.25, 0.3) is 5.78 Å². The van der Waals surface area contributed by atoms with E-state index >= 15 is 0 Å². The molecule has 4 rings (SSSR count). The van der Waals surface area contributed by atoms with Crippen LogP contribution in [0.2, 0.25) is 0 Å². The largest absolute Gasteiger partial charge is 0.389 e. The van der Waals surface area contributed by atoms with Gasteiger partial charge in [-0.3, -0.25) is 19.1 Å². The predicted octanol–water partition coefficient (Wildman–Crippen LogP) is -0.723. The van der Waals surface area contributed by atoms with E-state index in [1.54, 1.807) is 16.3 Å². The van der Waals surface area contributed by atoms with Gasteiger partial charge in [-0.2, -0.15) is 10.1 Å². The van der Waals surface area contributed by atoms with Gasteiger partial charge in [0.15, 0.2) is 0 Å². The van der Waals surface area contributed by atoms with E-state index in [-0.39, 0.29) is 25.4 Å². The Hall–Kier alpha value is -3.34. The number of aromatic nitrogens is 6. The number of carbonyl (C=O) groups excluding carboxylic acids is 1. The van der Waals surface area contributed by atoms with Crippen LogP contribution in [0.5, 0.6) is 0 Å². The Kier molecular flexibility index (Phi) is 4.98. The fourth-order valence-electron chi connectivity index (χ4n) is 3.99. The summed E-state index contributed by atoms with van der Waals surface area (Å²) in [4.78, 5) is 48.8. The molecule has 0 aromatic carbocycles. The molecule has 11 nitrogen and oxygen atoms in total. The molecule has 2 N–H and O–H groups in total. The minimum Gasteiger partial charge on any atom is -0.389 e. The molecule has 0 saturated carbocycles. The molecule has 158 valence electrons. The number of β-amino-alcohol motifs (C(OH)–C–C–N with tert-alkyl or cyclic N) is 1. The second kappa shape index (κ2) is 7.48. The van der Waals surface area contributed by atoms with Gasteiger partial charge in [0.1, 0.15) is 6.33 Å². The molecule has 30 heavy (non-hydrogen) atoms. The monoisotopic (exact) mass is 413 g/mol. The molecule has 0 radical (unpaired) electrons. The highest BCUT2D eigenvalue weighted by atomic mass is 16.3. The van der Waals surface area contributed by atoms with Crippen molar-refractivity contribution in [3.05, 3.63) is 55.9 Å². The Labute approximate surface area is 171 Å². The van der Waals surface area contributed by atoms with Crippen molar-refractivity contribution in [2.75, 3.05) is 13.1 Å². The Morgan fingerprint density at radius 3 is 2.80 bits per heavy atom. The van der Waals surface area contributed by atoms with Gasteiger partial charge < -0.3 is 10.0 Å². The molecule has 1 aliphatic heterocycles. The summed E-state index contributed by atoms with van der Waals surface area (Å²) in [6.07, 6.45) is 2.69. The smallest absolute Gasteiger partial charge is 0.328 e. The number of aromatic amines is 1. The van der Waals surface area contributed by atoms with Crippen molar-refractivity contribution < 1.29 is 9.90 Å². The van der Waals surface area contributed by atoms with Crippen molar-refractivity contribution in [2.45, 2.75) is 45.8 Å². The third kappa shape index (κ3) is 3.41. The summed E-state index contributed by atoms with van der Waals surface area (Å²) in [7, 11) is 0. The van der Waals surface area contributed by atoms with Crippen LogP contribution in [0.15, 0.2) is 22.1 Å². The number of hydrogen-bond donors (Lipinski definition) is 2. The second-order valence-corrected chi connectivity index (χ2v) is 7.65. The van der Waals surface area contributed by atoms with Crippen LogP contribution >= 0.6 is 0 Å². The number of carbonyl (C=O) groups is 1. The zero-order valence-corrected chi connectivity index (χ0v) is 17.0. The Balaban J connectivity index is 1.48. The molecule has 3 aromatic heterocycles. The molecule has 1 amide bonds. The first-order chi connectivity index (χ1) is 14.3. The van der Waals surface area contributed by atoms with Crippen LogP contribution in [0, 0.1) is 20.8 Å². The number of aliphatic hydroxyl groups excluding tert-OH is 1. The van der Waals surface area contributed by atoms with Gasteiger partial charge in [0.05, 0.1) is 12.1 Å². The highest BCUT2D eigenvalue weighted by Gasteiger charge is 2.35. The summed E-state index contributed by atoms with van der Waals surface area (Å²) < 4.78 is 2.94. The Bertz CT molecular complexity index is 1240. The molecule has 0 spiro atoms. The number of fused-ring (bicyclic) bond motifs is 1. The number of likely N-dealkylation sites (tertiary alicyclic amines) is 1. The lowest BCUT2D eigenvalue weighted by molar-refractivity contribution is -0.130. The lowest BCUT2D eigenvalue weighted by Crippen LogP contribution is -2.37. The summed E-state index contributed by atoms with van der Waals surface area (Å²) in [5.74, 6) is 0.399. The maximum atomic E-state index is 12.8. The van der Waals surface area contributed by atoms with E-state index in [0.29, 0.717) is 17.8 Å². The van der Waals surface area contributed by atoms with Gasteiger partial charge >= 0.3 is 5.69 Å². The minimum absolute atomic E-state index is 0.122. The molecule has 2 atom stereocenters. The molecule has 3 aromatic rings. The van der Waals surface area contributed by atoms with Crippen LogP contribution in [0.4, 0.5) is 0 Å². The highest BCUT2D eigenvalue weighted by Crippen LogP contribution is 2.22. The van der Waals surface area contributed by atoms with Gasteiger partial charge in [0.2, 0.25) is 5.91 Å². The van der Waals surface area contributed by atoms with Crippen molar-refractivity contribution in [1.29, 1.82) is 0 Å². The Morgan fingerprint density at radius 2 is 2.03 bits per heavy atom. The fourth-order valence-corrected chi connectivity index (χ4v) is 3.99. The maximum Gasteiger partial charge on any atom is 0.328 e. The van der Waals surface area contributed by atoms with Gasteiger partial charge in [0, 0.05) is 42.7 Å². The van der Waals surface area contributed by atoms with Crippen LogP contribution in [0.1, 0.15) is 35.0 Å². The summed E-state index contributed by atoms with van der Waals surface area (Å²) in [5, 5.41) is 14.6. The normalized spacial score (nSPS) is 19.0. The number of aryl methyl sites for hydroxylation is 3. The van der Waals surface area contributed by atoms with Gasteiger partial charge in [-0.15, -0.1) is 0 Å². The van der Waals surface area contributed by atoms with E-state index in [4.69, 9.17) is 0 Å². The SMILES string of the molecule is Cc1nc2ncnn2c(C)c1CCC(=O)N1C[C@@H](O)[C@H](n2cc(C)c(=O)[nH]c2=O)C1. The number of H-pyrrole nitrogens is 1. The van der Waals surface area contributed by atoms with Crippen molar-refractivity contribution in [3.63, 3.8) is 0 Å². The van der Waals surface area contributed by atoms with Crippen molar-refractivity contribution in [1.82, 2.24) is 34.0 Å². The number of rotatable bonds is 4. The summed E-state index contributed by atoms with van der Waals surface area (Å²) in [6.45, 7) is 5.71. The molecule has 0 aliphatic carbocycles. The first-order valence-corrected chi connectivity index (χ1v) is 9.70. The van der Waals surface area contributed by atoms with E-state index in [0.717, 1.165) is 17.0 Å². The first-order valence-electron chi connectivity index (χ1n) is 9.70. The first kappa shape index (κ1) is 20.0. The van der Waals surface area contributed by atoms with Crippen LogP contribution in [0.3, 0.4) is 0 Å². The number of nitrogens with zero attached hydrogens (tertiary/aromatic N) is 6. The van der Waals surface area contributed by atoms with Gasteiger partial charge in [0.25, 0.3) is 11.3 Å². The lowest BCUT2D eigenvalue weighted by atomic mass is 10.1. The number of nitrogens with one attached hydrogen (secondary N) is 1.